The molecule has 0 aliphatic rings. The number of rotatable bonds is 2. The predicted molar refractivity (Wildman–Crippen MR) is 33.7 cm³/mol. The molecule has 0 rings (SSSR count). The fourth-order valence-electron chi connectivity index (χ4n) is 0.418. The van der Waals surface area contributed by atoms with Gasteiger partial charge in [0.15, 0.2) is 0 Å². The van der Waals surface area contributed by atoms with Gasteiger partial charge >= 0.3 is 18.9 Å². The Morgan fingerprint density at radius 3 is 2.00 bits per heavy atom. The number of hydrogen-bond acceptors (Lipinski definition) is 1. The van der Waals surface area contributed by atoms with Gasteiger partial charge in [-0.2, -0.15) is 0 Å². The molecular weight excluding hydrogens is 83.0 g/mol. The molecule has 1 atom stereocenters. The Morgan fingerprint density at radius 2 is 2.00 bits per heavy atom. The third-order valence-corrected chi connectivity index (χ3v) is 0.706. The van der Waals surface area contributed by atoms with Gasteiger partial charge in [-0.3, -0.25) is 0 Å². The normalized spacial score (nSPS) is 12.4. The molecule has 0 aliphatic heterocycles. The van der Waals surface area contributed by atoms with Gasteiger partial charge in [-0.15, -0.1) is 0 Å². The van der Waals surface area contributed by atoms with Crippen molar-refractivity contribution in [3.8, 4) is 0 Å². The van der Waals surface area contributed by atoms with Crippen LogP contribution in [0.3, 0.4) is 0 Å². The van der Waals surface area contributed by atoms with Crippen LogP contribution < -0.4 is 0 Å². The van der Waals surface area contributed by atoms with E-state index in [4.69, 9.17) is 5.11 Å². The van der Waals surface area contributed by atoms with Gasteiger partial charge in [-0.1, -0.05) is 13.3 Å². The van der Waals surface area contributed by atoms with Crippen LogP contribution in [-0.4, -0.2) is 30.1 Å². The molecule has 0 saturated carbocycles. The van der Waals surface area contributed by atoms with Crippen molar-refractivity contribution in [1.82, 2.24) is 0 Å². The van der Waals surface area contributed by atoms with Gasteiger partial charge in [-0.25, -0.2) is 0 Å². The minimum absolute atomic E-state index is 0. The predicted octanol–water partition coefficient (Wildman–Crippen LogP) is 0.519. The molecule has 0 radical (unpaired) electrons. The van der Waals surface area contributed by atoms with E-state index in [0.717, 1.165) is 12.8 Å². The zero-order chi connectivity index (χ0) is 4.99. The van der Waals surface area contributed by atoms with E-state index in [2.05, 4.69) is 6.92 Å². The van der Waals surface area contributed by atoms with Crippen molar-refractivity contribution < 1.29 is 5.11 Å². The van der Waals surface area contributed by atoms with Gasteiger partial charge in [0.25, 0.3) is 0 Å². The fraction of sp³-hybridized carbons (Fsp3) is 1.00. The van der Waals surface area contributed by atoms with Crippen LogP contribution in [0.4, 0.5) is 0 Å². The molecule has 2 heteroatoms. The first-order valence-electron chi connectivity index (χ1n) is 2.45. The minimum atomic E-state index is -0.102. The van der Waals surface area contributed by atoms with Gasteiger partial charge in [-0.05, 0) is 13.3 Å². The Kier molecular flexibility index (Phi) is 9.86. The molecule has 1 N–H and O–H groups in total. The Morgan fingerprint density at radius 1 is 1.57 bits per heavy atom. The molecule has 7 heavy (non-hydrogen) atoms. The first kappa shape index (κ1) is 10.5. The molecule has 0 bridgehead atoms. The zero-order valence-electron chi connectivity index (χ0n) is 4.44. The van der Waals surface area contributed by atoms with E-state index in [0.29, 0.717) is 0 Å². The van der Waals surface area contributed by atoms with E-state index in [1.807, 2.05) is 6.92 Å². The van der Waals surface area contributed by atoms with Crippen molar-refractivity contribution in [2.24, 2.45) is 0 Å². The van der Waals surface area contributed by atoms with Crippen LogP contribution in [-0.2, 0) is 0 Å². The van der Waals surface area contributed by atoms with Crippen LogP contribution in [0, 0.1) is 0 Å². The van der Waals surface area contributed by atoms with Crippen molar-refractivity contribution in [1.29, 1.82) is 0 Å². The fourth-order valence-corrected chi connectivity index (χ4v) is 0.418. The van der Waals surface area contributed by atoms with Crippen LogP contribution in [0.25, 0.3) is 0 Å². The summed E-state index contributed by atoms with van der Waals surface area (Å²) in [6.07, 6.45) is 1.91. The molecule has 0 amide bonds. The van der Waals surface area contributed by atoms with Crippen molar-refractivity contribution in [2.75, 3.05) is 0 Å². The topological polar surface area (TPSA) is 20.2 Å². The molecule has 40 valence electrons. The SMILES string of the molecule is CCC[C@@H](C)O.[LiH]. The average molecular weight is 96.1 g/mol. The summed E-state index contributed by atoms with van der Waals surface area (Å²) in [6.45, 7) is 3.87. The van der Waals surface area contributed by atoms with Crippen LogP contribution in [0.15, 0.2) is 0 Å². The second-order valence-corrected chi connectivity index (χ2v) is 1.64. The van der Waals surface area contributed by atoms with Gasteiger partial charge in [0.1, 0.15) is 0 Å². The summed E-state index contributed by atoms with van der Waals surface area (Å²) in [5, 5.41) is 8.55. The van der Waals surface area contributed by atoms with Crippen LogP contribution >= 0.6 is 0 Å². The third kappa shape index (κ3) is 10.8. The number of aliphatic hydroxyl groups excluding tert-OH is 1. The van der Waals surface area contributed by atoms with E-state index in [1.54, 1.807) is 0 Å². The van der Waals surface area contributed by atoms with Crippen LogP contribution in [0.5, 0.6) is 0 Å². The molecule has 0 fully saturated rings. The van der Waals surface area contributed by atoms with Gasteiger partial charge in [0.2, 0.25) is 0 Å². The molecule has 0 aliphatic carbocycles. The van der Waals surface area contributed by atoms with Crippen LogP contribution in [0.1, 0.15) is 26.7 Å². The molecule has 0 aromatic carbocycles. The molecule has 0 aromatic heterocycles. The molecule has 0 heterocycles. The maximum atomic E-state index is 8.55. The standard InChI is InChI=1S/C5H12O.Li.H/c1-3-4-5(2)6;;/h5-6H,3-4H2,1-2H3;;/t5-;;/m1../s1. The Bertz CT molecular complexity index is 29.3. The van der Waals surface area contributed by atoms with Crippen molar-refractivity contribution >= 4 is 18.9 Å². The average Bonchev–Trinajstić information content (AvgIpc) is 1.35. The Hall–Kier alpha value is 0.557. The molecule has 0 saturated heterocycles. The summed E-state index contributed by atoms with van der Waals surface area (Å²) in [4.78, 5) is 0. The van der Waals surface area contributed by atoms with Crippen molar-refractivity contribution in [3.63, 3.8) is 0 Å². The number of hydrogen-bond donors (Lipinski definition) is 1. The van der Waals surface area contributed by atoms with Crippen molar-refractivity contribution in [2.45, 2.75) is 32.8 Å². The van der Waals surface area contributed by atoms with E-state index < -0.39 is 0 Å². The first-order chi connectivity index (χ1) is 2.77. The van der Waals surface area contributed by atoms with E-state index in [1.165, 1.54) is 0 Å². The summed E-state index contributed by atoms with van der Waals surface area (Å²) < 4.78 is 0. The van der Waals surface area contributed by atoms with E-state index in [-0.39, 0.29) is 25.0 Å². The van der Waals surface area contributed by atoms with Gasteiger partial charge in [0.05, 0.1) is 6.10 Å². The monoisotopic (exact) mass is 96.1 g/mol. The molecule has 0 spiro atoms. The quantitative estimate of drug-likeness (QED) is 0.497. The van der Waals surface area contributed by atoms with Gasteiger partial charge in [0, 0.05) is 0 Å². The Labute approximate surface area is 57.3 Å². The second kappa shape index (κ2) is 6.56. The second-order valence-electron chi connectivity index (χ2n) is 1.64. The summed E-state index contributed by atoms with van der Waals surface area (Å²) >= 11 is 0. The summed E-state index contributed by atoms with van der Waals surface area (Å²) in [5.41, 5.74) is 0. The Balaban J connectivity index is 0. The summed E-state index contributed by atoms with van der Waals surface area (Å²) in [7, 11) is 0. The molecule has 0 aromatic rings. The summed E-state index contributed by atoms with van der Waals surface area (Å²) in [5.74, 6) is 0. The molecule has 0 unspecified atom stereocenters. The van der Waals surface area contributed by atoms with Crippen LogP contribution in [0.2, 0.25) is 0 Å². The third-order valence-electron chi connectivity index (χ3n) is 0.706. The van der Waals surface area contributed by atoms with E-state index in [9.17, 15) is 0 Å². The molecule has 1 nitrogen and oxygen atoms in total. The zero-order valence-corrected chi connectivity index (χ0v) is 4.44. The van der Waals surface area contributed by atoms with Crippen molar-refractivity contribution in [3.05, 3.63) is 0 Å². The van der Waals surface area contributed by atoms with E-state index >= 15 is 0 Å². The maximum absolute atomic E-state index is 8.55. The summed E-state index contributed by atoms with van der Waals surface area (Å²) in [6, 6.07) is 0. The first-order valence-corrected chi connectivity index (χ1v) is 2.45. The molecular formula is C5H13LiO. The van der Waals surface area contributed by atoms with Gasteiger partial charge < -0.3 is 5.11 Å². The number of aliphatic hydroxyl groups is 1.